The molecular formula is C2H8ClNO2. The molecule has 0 bridgehead atoms. The zero-order valence-corrected chi connectivity index (χ0v) is 4.03. The maximum absolute atomic E-state index is 7.84. The monoisotopic (exact) mass is 113 g/mol. The van der Waals surface area contributed by atoms with E-state index < -0.39 is 0 Å². The Morgan fingerprint density at radius 3 is 2.00 bits per heavy atom. The smallest absolute Gasteiger partial charge is 0.0579 e. The highest BCUT2D eigenvalue weighted by Crippen LogP contribution is 1.42. The Morgan fingerprint density at radius 2 is 2.00 bits per heavy atom. The number of nitrogens with one attached hydrogen (secondary N) is 1. The van der Waals surface area contributed by atoms with E-state index in [4.69, 9.17) is 10.3 Å². The summed E-state index contributed by atoms with van der Waals surface area (Å²) < 4.78 is 0. The van der Waals surface area contributed by atoms with Crippen LogP contribution < -0.4 is 5.48 Å². The topological polar surface area (TPSA) is 52.5 Å². The van der Waals surface area contributed by atoms with Crippen molar-refractivity contribution in [3.05, 3.63) is 0 Å². The number of aliphatic hydroxyl groups is 1. The molecule has 0 amide bonds. The van der Waals surface area contributed by atoms with Crippen molar-refractivity contribution < 1.29 is 10.3 Å². The number of rotatable bonds is 2. The molecule has 0 rings (SSSR count). The van der Waals surface area contributed by atoms with Gasteiger partial charge < -0.3 is 10.3 Å². The van der Waals surface area contributed by atoms with Crippen molar-refractivity contribution in [1.29, 1.82) is 0 Å². The molecule has 0 spiro atoms. The lowest BCUT2D eigenvalue weighted by atomic mass is 10.8. The van der Waals surface area contributed by atoms with Gasteiger partial charge in [-0.25, -0.2) is 5.48 Å². The van der Waals surface area contributed by atoms with Crippen molar-refractivity contribution in [3.63, 3.8) is 0 Å². The molecular weight excluding hydrogens is 105 g/mol. The highest BCUT2D eigenvalue weighted by molar-refractivity contribution is 5.85. The van der Waals surface area contributed by atoms with E-state index in [0.717, 1.165) is 0 Å². The standard InChI is InChI=1S/C2H7NO2.ClH/c4-2-1-3-5;/h3-5H,1-2H2;1H. The minimum Gasteiger partial charge on any atom is -0.395 e. The van der Waals surface area contributed by atoms with Crippen molar-refractivity contribution in [2.45, 2.75) is 0 Å². The van der Waals surface area contributed by atoms with E-state index in [2.05, 4.69) is 0 Å². The van der Waals surface area contributed by atoms with Crippen LogP contribution in [0.1, 0.15) is 0 Å². The molecule has 4 heteroatoms. The number of hydroxylamine groups is 1. The van der Waals surface area contributed by atoms with Crippen molar-refractivity contribution in [2.24, 2.45) is 0 Å². The van der Waals surface area contributed by atoms with Crippen molar-refractivity contribution in [1.82, 2.24) is 5.48 Å². The average Bonchev–Trinajstić information content (AvgIpc) is 1.41. The second-order valence-corrected chi connectivity index (χ2v) is 0.632. The van der Waals surface area contributed by atoms with E-state index in [1.165, 1.54) is 0 Å². The first-order valence-corrected chi connectivity index (χ1v) is 1.39. The van der Waals surface area contributed by atoms with Gasteiger partial charge in [-0.3, -0.25) is 0 Å². The third-order valence-corrected chi connectivity index (χ3v) is 0.224. The summed E-state index contributed by atoms with van der Waals surface area (Å²) >= 11 is 0. The molecule has 0 aromatic carbocycles. The first-order chi connectivity index (χ1) is 2.41. The summed E-state index contributed by atoms with van der Waals surface area (Å²) in [7, 11) is 0. The number of hydrogen-bond acceptors (Lipinski definition) is 3. The van der Waals surface area contributed by atoms with E-state index in [1.54, 1.807) is 5.48 Å². The summed E-state index contributed by atoms with van der Waals surface area (Å²) in [5.74, 6) is 0. The Bertz CT molecular complexity index is 19.0. The lowest BCUT2D eigenvalue weighted by molar-refractivity contribution is 0.140. The van der Waals surface area contributed by atoms with Gasteiger partial charge in [0.1, 0.15) is 0 Å². The SMILES string of the molecule is Cl.OCCNO. The summed E-state index contributed by atoms with van der Waals surface area (Å²) in [5.41, 5.74) is 1.77. The maximum atomic E-state index is 7.84. The van der Waals surface area contributed by atoms with E-state index in [-0.39, 0.29) is 25.6 Å². The summed E-state index contributed by atoms with van der Waals surface area (Å²) in [5, 5.41) is 15.5. The molecule has 0 aliphatic carbocycles. The fourth-order valence-corrected chi connectivity index (χ4v) is 0.0500. The van der Waals surface area contributed by atoms with Gasteiger partial charge in [0.05, 0.1) is 6.61 Å². The largest absolute Gasteiger partial charge is 0.395 e. The predicted molar refractivity (Wildman–Crippen MR) is 24.1 cm³/mol. The van der Waals surface area contributed by atoms with Crippen molar-refractivity contribution in [2.75, 3.05) is 13.2 Å². The molecule has 0 aromatic heterocycles. The summed E-state index contributed by atoms with van der Waals surface area (Å²) in [4.78, 5) is 0. The summed E-state index contributed by atoms with van der Waals surface area (Å²) in [6, 6.07) is 0. The Kier molecular flexibility index (Phi) is 14.1. The van der Waals surface area contributed by atoms with Gasteiger partial charge in [-0.1, -0.05) is 0 Å². The fourth-order valence-electron chi connectivity index (χ4n) is 0.0500. The fraction of sp³-hybridized carbons (Fsp3) is 1.00. The van der Waals surface area contributed by atoms with Gasteiger partial charge >= 0.3 is 0 Å². The summed E-state index contributed by atoms with van der Waals surface area (Å²) in [6.07, 6.45) is 0. The molecule has 0 unspecified atom stereocenters. The minimum absolute atomic E-state index is 0. The van der Waals surface area contributed by atoms with Crippen LogP contribution in [0.25, 0.3) is 0 Å². The van der Waals surface area contributed by atoms with Gasteiger partial charge in [-0.2, -0.15) is 0 Å². The number of hydrogen-bond donors (Lipinski definition) is 3. The van der Waals surface area contributed by atoms with E-state index in [9.17, 15) is 0 Å². The maximum Gasteiger partial charge on any atom is 0.0579 e. The van der Waals surface area contributed by atoms with Crippen LogP contribution >= 0.6 is 12.4 Å². The zero-order valence-electron chi connectivity index (χ0n) is 3.22. The molecule has 0 aliphatic heterocycles. The van der Waals surface area contributed by atoms with Crippen LogP contribution in [0, 0.1) is 0 Å². The molecule has 0 saturated heterocycles. The predicted octanol–water partition coefficient (Wildman–Crippen LogP) is -0.621. The molecule has 0 aliphatic rings. The van der Waals surface area contributed by atoms with Crippen LogP contribution in [-0.2, 0) is 0 Å². The average molecular weight is 114 g/mol. The second-order valence-electron chi connectivity index (χ2n) is 0.632. The van der Waals surface area contributed by atoms with E-state index >= 15 is 0 Å². The third-order valence-electron chi connectivity index (χ3n) is 0.224. The van der Waals surface area contributed by atoms with Crippen LogP contribution in [0.3, 0.4) is 0 Å². The molecule has 6 heavy (non-hydrogen) atoms. The van der Waals surface area contributed by atoms with E-state index in [1.807, 2.05) is 0 Å². The molecule has 0 atom stereocenters. The molecule has 0 heterocycles. The lowest BCUT2D eigenvalue weighted by Crippen LogP contribution is -2.11. The first kappa shape index (κ1) is 9.48. The second kappa shape index (κ2) is 8.95. The third kappa shape index (κ3) is 8.90. The Labute approximate surface area is 42.3 Å². The van der Waals surface area contributed by atoms with Crippen LogP contribution in [0.4, 0.5) is 0 Å². The van der Waals surface area contributed by atoms with Crippen LogP contribution in [0.15, 0.2) is 0 Å². The van der Waals surface area contributed by atoms with Crippen LogP contribution in [0.5, 0.6) is 0 Å². The highest BCUT2D eigenvalue weighted by Gasteiger charge is 1.67. The first-order valence-electron chi connectivity index (χ1n) is 1.39. The molecule has 0 saturated carbocycles. The lowest BCUT2D eigenvalue weighted by Gasteiger charge is -1.83. The minimum atomic E-state index is -0.0174. The van der Waals surface area contributed by atoms with Gasteiger partial charge in [0.25, 0.3) is 0 Å². The molecule has 0 aromatic rings. The molecule has 40 valence electrons. The van der Waals surface area contributed by atoms with Crippen molar-refractivity contribution in [3.8, 4) is 0 Å². The zero-order chi connectivity index (χ0) is 4.12. The Morgan fingerprint density at radius 1 is 1.50 bits per heavy atom. The van der Waals surface area contributed by atoms with Gasteiger partial charge in [-0.15, -0.1) is 12.4 Å². The van der Waals surface area contributed by atoms with Crippen molar-refractivity contribution >= 4 is 12.4 Å². The Balaban J connectivity index is 0. The summed E-state index contributed by atoms with van der Waals surface area (Å²) in [6.45, 7) is 0.233. The van der Waals surface area contributed by atoms with Crippen LogP contribution in [-0.4, -0.2) is 23.5 Å². The highest BCUT2D eigenvalue weighted by atomic mass is 35.5. The van der Waals surface area contributed by atoms with Gasteiger partial charge in [0, 0.05) is 6.54 Å². The molecule has 3 N–H and O–H groups in total. The normalized spacial score (nSPS) is 7.00. The molecule has 3 nitrogen and oxygen atoms in total. The number of halogens is 1. The van der Waals surface area contributed by atoms with Crippen LogP contribution in [0.2, 0.25) is 0 Å². The van der Waals surface area contributed by atoms with Gasteiger partial charge in [0.2, 0.25) is 0 Å². The van der Waals surface area contributed by atoms with E-state index in [0.29, 0.717) is 0 Å². The van der Waals surface area contributed by atoms with Gasteiger partial charge in [0.15, 0.2) is 0 Å². The molecule has 0 radical (unpaired) electrons. The quantitative estimate of drug-likeness (QED) is 0.419. The molecule has 0 fully saturated rings. The number of aliphatic hydroxyl groups excluding tert-OH is 1. The van der Waals surface area contributed by atoms with Gasteiger partial charge in [-0.05, 0) is 0 Å². The Hall–Kier alpha value is 0.170.